The lowest BCUT2D eigenvalue weighted by Crippen LogP contribution is -2.12. The number of halogens is 2. The van der Waals surface area contributed by atoms with Crippen LogP contribution in [0.15, 0.2) is 28.7 Å². The van der Waals surface area contributed by atoms with Gasteiger partial charge in [0.1, 0.15) is 12.4 Å². The summed E-state index contributed by atoms with van der Waals surface area (Å²) in [7, 11) is 0. The number of alkyl halides is 1. The monoisotopic (exact) mass is 370 g/mol. The highest BCUT2D eigenvalue weighted by atomic mass is 79.9. The van der Waals surface area contributed by atoms with Crippen LogP contribution in [-0.4, -0.2) is 16.4 Å². The Balaban J connectivity index is 2.04. The van der Waals surface area contributed by atoms with E-state index in [4.69, 9.17) is 16.3 Å². The lowest BCUT2D eigenvalue weighted by atomic mass is 10.1. The molecule has 114 valence electrons. The van der Waals surface area contributed by atoms with Crippen molar-refractivity contribution in [3.63, 3.8) is 0 Å². The average Bonchev–Trinajstić information content (AvgIpc) is 2.84. The van der Waals surface area contributed by atoms with Crippen LogP contribution in [0.4, 0.5) is 0 Å². The molecular formula is C16H20BrClN2O. The molecule has 0 aliphatic carbocycles. The maximum Gasteiger partial charge on any atom is 0.120 e. The molecule has 2 rings (SSSR count). The van der Waals surface area contributed by atoms with Crippen molar-refractivity contribution in [1.82, 2.24) is 9.78 Å². The third kappa shape index (κ3) is 4.01. The van der Waals surface area contributed by atoms with Gasteiger partial charge in [0, 0.05) is 15.7 Å². The van der Waals surface area contributed by atoms with Gasteiger partial charge >= 0.3 is 0 Å². The maximum absolute atomic E-state index is 6.07. The van der Waals surface area contributed by atoms with E-state index >= 15 is 0 Å². The fourth-order valence-corrected chi connectivity index (χ4v) is 3.10. The summed E-state index contributed by atoms with van der Waals surface area (Å²) < 4.78 is 8.84. The lowest BCUT2D eigenvalue weighted by Gasteiger charge is -2.09. The average molecular weight is 372 g/mol. The number of hydrogen-bond donors (Lipinski definition) is 0. The number of benzene rings is 1. The van der Waals surface area contributed by atoms with Crippen LogP contribution >= 0.6 is 27.5 Å². The first-order valence-corrected chi connectivity index (χ1v) is 8.54. The number of aromatic nitrogens is 2. The number of ether oxygens (including phenoxy) is 1. The van der Waals surface area contributed by atoms with Crippen molar-refractivity contribution in [3.05, 3.63) is 45.7 Å². The topological polar surface area (TPSA) is 27.1 Å². The first-order chi connectivity index (χ1) is 10.2. The van der Waals surface area contributed by atoms with Crippen LogP contribution in [0.5, 0.6) is 5.75 Å². The van der Waals surface area contributed by atoms with Gasteiger partial charge in [0.25, 0.3) is 0 Å². The quantitative estimate of drug-likeness (QED) is 0.666. The smallest absolute Gasteiger partial charge is 0.120 e. The molecule has 21 heavy (non-hydrogen) atoms. The molecule has 3 nitrogen and oxygen atoms in total. The van der Waals surface area contributed by atoms with Crippen LogP contribution in [0.2, 0.25) is 0 Å². The summed E-state index contributed by atoms with van der Waals surface area (Å²) in [4.78, 5) is 0. The predicted molar refractivity (Wildman–Crippen MR) is 90.2 cm³/mol. The van der Waals surface area contributed by atoms with E-state index < -0.39 is 0 Å². The molecule has 0 atom stereocenters. The summed E-state index contributed by atoms with van der Waals surface area (Å²) >= 11 is 9.51. The van der Waals surface area contributed by atoms with Crippen LogP contribution in [0.1, 0.15) is 30.8 Å². The molecule has 2 aromatic rings. The van der Waals surface area contributed by atoms with Gasteiger partial charge in [0.15, 0.2) is 0 Å². The summed E-state index contributed by atoms with van der Waals surface area (Å²) in [6, 6.07) is 7.86. The Hall–Kier alpha value is -1.000. The van der Waals surface area contributed by atoms with E-state index in [0.717, 1.165) is 35.3 Å². The van der Waals surface area contributed by atoms with Crippen molar-refractivity contribution in [3.8, 4) is 5.75 Å². The molecule has 0 radical (unpaired) electrons. The first-order valence-electron chi connectivity index (χ1n) is 7.21. The van der Waals surface area contributed by atoms with E-state index in [0.29, 0.717) is 12.5 Å². The molecule has 1 aromatic heterocycles. The van der Waals surface area contributed by atoms with E-state index in [2.05, 4.69) is 34.9 Å². The molecule has 5 heteroatoms. The molecule has 0 spiro atoms. The molecule has 0 fully saturated rings. The Bertz CT molecular complexity index is 598. The van der Waals surface area contributed by atoms with Crippen molar-refractivity contribution >= 4 is 27.5 Å². The highest BCUT2D eigenvalue weighted by Gasteiger charge is 2.14. The van der Waals surface area contributed by atoms with Gasteiger partial charge < -0.3 is 4.74 Å². The minimum atomic E-state index is 0.527. The Morgan fingerprint density at radius 1 is 1.29 bits per heavy atom. The van der Waals surface area contributed by atoms with Crippen LogP contribution < -0.4 is 4.74 Å². The minimum absolute atomic E-state index is 0.527. The van der Waals surface area contributed by atoms with E-state index in [9.17, 15) is 0 Å². The van der Waals surface area contributed by atoms with Gasteiger partial charge in [-0.15, -0.1) is 11.6 Å². The van der Waals surface area contributed by atoms with Gasteiger partial charge in [-0.3, -0.25) is 4.68 Å². The Morgan fingerprint density at radius 3 is 2.71 bits per heavy atom. The number of aryl methyl sites for hydroxylation is 1. The van der Waals surface area contributed by atoms with Gasteiger partial charge in [-0.25, -0.2) is 0 Å². The second-order valence-corrected chi connectivity index (χ2v) is 5.92. The third-order valence-corrected chi connectivity index (χ3v) is 4.18. The van der Waals surface area contributed by atoms with Crippen LogP contribution in [0, 0.1) is 0 Å². The van der Waals surface area contributed by atoms with Gasteiger partial charge in [-0.2, -0.15) is 5.10 Å². The zero-order valence-electron chi connectivity index (χ0n) is 12.4. The fourth-order valence-electron chi connectivity index (χ4n) is 2.41. The van der Waals surface area contributed by atoms with Crippen molar-refractivity contribution in [2.24, 2.45) is 0 Å². The Kier molecular flexibility index (Phi) is 6.12. The van der Waals surface area contributed by atoms with Gasteiger partial charge in [0.05, 0.1) is 18.1 Å². The van der Waals surface area contributed by atoms with Crippen LogP contribution in [0.25, 0.3) is 0 Å². The first kappa shape index (κ1) is 16.4. The van der Waals surface area contributed by atoms with Crippen molar-refractivity contribution in [2.45, 2.75) is 39.1 Å². The SMILES string of the molecule is CCc1nn(CCOc2cccc(Br)c2)c(CC)c1CCl. The number of rotatable bonds is 7. The van der Waals surface area contributed by atoms with Crippen LogP contribution in [0.3, 0.4) is 0 Å². The van der Waals surface area contributed by atoms with Crippen molar-refractivity contribution < 1.29 is 4.74 Å². The normalized spacial score (nSPS) is 10.9. The molecule has 0 aliphatic heterocycles. The number of hydrogen-bond acceptors (Lipinski definition) is 2. The molecule has 0 bridgehead atoms. The number of nitrogens with zero attached hydrogens (tertiary/aromatic N) is 2. The summed E-state index contributed by atoms with van der Waals surface area (Å²) in [5.41, 5.74) is 3.51. The van der Waals surface area contributed by atoms with Crippen LogP contribution in [-0.2, 0) is 25.3 Å². The van der Waals surface area contributed by atoms with E-state index in [1.54, 1.807) is 0 Å². The molecule has 0 saturated heterocycles. The standard InChI is InChI=1S/C16H20BrClN2O/c1-3-15-14(11-18)16(4-2)20(19-15)8-9-21-13-7-5-6-12(17)10-13/h5-7,10H,3-4,8-9,11H2,1-2H3. The summed E-state index contributed by atoms with van der Waals surface area (Å²) in [6.07, 6.45) is 1.85. The molecular weight excluding hydrogens is 352 g/mol. The van der Waals surface area contributed by atoms with Gasteiger partial charge in [-0.05, 0) is 31.0 Å². The molecule has 0 aliphatic rings. The van der Waals surface area contributed by atoms with E-state index in [1.165, 1.54) is 11.3 Å². The predicted octanol–water partition coefficient (Wildman–Crippen LogP) is 4.59. The molecule has 0 unspecified atom stereocenters. The molecule has 0 N–H and O–H groups in total. The second kappa shape index (κ2) is 7.85. The largest absolute Gasteiger partial charge is 0.492 e. The minimum Gasteiger partial charge on any atom is -0.492 e. The van der Waals surface area contributed by atoms with E-state index in [1.807, 2.05) is 28.9 Å². The Morgan fingerprint density at radius 2 is 2.10 bits per heavy atom. The zero-order chi connectivity index (χ0) is 15.2. The zero-order valence-corrected chi connectivity index (χ0v) is 14.7. The second-order valence-electron chi connectivity index (χ2n) is 4.74. The highest BCUT2D eigenvalue weighted by molar-refractivity contribution is 9.10. The summed E-state index contributed by atoms with van der Waals surface area (Å²) in [6.45, 7) is 5.58. The summed E-state index contributed by atoms with van der Waals surface area (Å²) in [5, 5.41) is 4.66. The van der Waals surface area contributed by atoms with Gasteiger partial charge in [0.2, 0.25) is 0 Å². The van der Waals surface area contributed by atoms with Crippen molar-refractivity contribution in [1.29, 1.82) is 0 Å². The lowest BCUT2D eigenvalue weighted by molar-refractivity contribution is 0.288. The van der Waals surface area contributed by atoms with E-state index in [-0.39, 0.29) is 0 Å². The van der Waals surface area contributed by atoms with Gasteiger partial charge in [-0.1, -0.05) is 35.8 Å². The fraction of sp³-hybridized carbons (Fsp3) is 0.438. The molecule has 0 amide bonds. The van der Waals surface area contributed by atoms with Crippen molar-refractivity contribution in [2.75, 3.05) is 6.61 Å². The Labute approximate surface area is 139 Å². The molecule has 1 heterocycles. The highest BCUT2D eigenvalue weighted by Crippen LogP contribution is 2.20. The maximum atomic E-state index is 6.07. The molecule has 1 aromatic carbocycles. The summed E-state index contributed by atoms with van der Waals surface area (Å²) in [5.74, 6) is 1.39. The third-order valence-electron chi connectivity index (χ3n) is 3.42. The molecule has 0 saturated carbocycles.